The van der Waals surface area contributed by atoms with Crippen LogP contribution in [0.2, 0.25) is 0 Å². The topological polar surface area (TPSA) is 46.8 Å². The minimum atomic E-state index is -0.429. The lowest BCUT2D eigenvalue weighted by molar-refractivity contribution is 0.00578. The Morgan fingerprint density at radius 3 is 1.19 bits per heavy atom. The monoisotopic (exact) mass is 1120 g/mol. The van der Waals surface area contributed by atoms with E-state index in [0.717, 1.165) is 51.4 Å². The molecule has 0 saturated carbocycles. The molecule has 11 rings (SSSR count). The molecule has 8 heteroatoms. The Morgan fingerprint density at radius 2 is 0.714 bits per heavy atom. The van der Waals surface area contributed by atoms with Gasteiger partial charge in [0.25, 0.3) is 0 Å². The van der Waals surface area contributed by atoms with Crippen LogP contribution in [0.4, 0.5) is 0 Å². The van der Waals surface area contributed by atoms with Gasteiger partial charge in [0.1, 0.15) is 0 Å². The van der Waals surface area contributed by atoms with Gasteiger partial charge in [0.05, 0.1) is 44.5 Å². The van der Waals surface area contributed by atoms with Crippen LogP contribution in [0.1, 0.15) is 208 Å². The van der Waals surface area contributed by atoms with E-state index in [1.807, 2.05) is 0 Å². The van der Waals surface area contributed by atoms with Crippen molar-refractivity contribution in [2.45, 2.75) is 234 Å². The molecule has 0 atom stereocenters. The summed E-state index contributed by atoms with van der Waals surface area (Å²) in [5.74, 6) is 0. The molecule has 7 aromatic carbocycles. The van der Waals surface area contributed by atoms with Crippen LogP contribution >= 0.6 is 0 Å². The maximum absolute atomic E-state index is 6.91. The van der Waals surface area contributed by atoms with Gasteiger partial charge in [0, 0.05) is 32.9 Å². The Morgan fingerprint density at radius 1 is 0.333 bits per heavy atom. The molecule has 84 heavy (non-hydrogen) atoms. The fourth-order valence-corrected chi connectivity index (χ4v) is 13.6. The van der Waals surface area contributed by atoms with Crippen LogP contribution in [0.15, 0.2) is 121 Å². The highest BCUT2D eigenvalue weighted by Crippen LogP contribution is 2.44. The van der Waals surface area contributed by atoms with Crippen molar-refractivity contribution in [3.63, 3.8) is 0 Å². The summed E-state index contributed by atoms with van der Waals surface area (Å²) in [7, 11) is -0.827. The second-order valence-corrected chi connectivity index (χ2v) is 27.1. The van der Waals surface area contributed by atoms with Crippen molar-refractivity contribution in [3.05, 3.63) is 144 Å². The minimum Gasteiger partial charge on any atom is -0.399 e. The number of unbranched alkanes of at least 4 members (excludes halogenated alkanes) is 12. The summed E-state index contributed by atoms with van der Waals surface area (Å²) in [4.78, 5) is 0. The van der Waals surface area contributed by atoms with Crippen molar-refractivity contribution in [2.75, 3.05) is 0 Å². The minimum absolute atomic E-state index is 0.409. The van der Waals surface area contributed by atoms with Crippen molar-refractivity contribution in [2.24, 2.45) is 0 Å². The molecule has 0 radical (unpaired) electrons. The lowest BCUT2D eigenvalue weighted by Gasteiger charge is -2.32. The average Bonchev–Trinajstić information content (AvgIpc) is 2.17. The third-order valence-corrected chi connectivity index (χ3v) is 20.0. The molecule has 0 unspecified atom stereocenters. The first-order valence-corrected chi connectivity index (χ1v) is 33.0. The standard InChI is InChI=1S/C76H96B2N2O4/c1-13-17-21-25-34-56-51-70(58(36-27-23-19-15-3)49-64(56)77-81-73(5,6)74(7,8)82-77)79-66-40-32-31-39-61(66)62-47-54(42-44-67(62)79)55-43-45-68-63(48-55)72-60-38-30-29-33-53(60)41-46-69(72)80(68)71-52-57(35-26-22-18-14-2)65(50-59(71)37-28-24-20-16-4)78-83-75(9,10)76(11,12)84-78/h29-33,38-52H,13-28,34-37H2,1-12H3. The molecule has 6 nitrogen and oxygen atoms in total. The van der Waals surface area contributed by atoms with Crippen molar-refractivity contribution in [1.82, 2.24) is 9.13 Å². The Bertz CT molecular complexity index is 3770. The predicted molar refractivity (Wildman–Crippen MR) is 361 cm³/mol. The maximum Gasteiger partial charge on any atom is 0.495 e. The number of rotatable bonds is 25. The van der Waals surface area contributed by atoms with Crippen LogP contribution < -0.4 is 10.9 Å². The van der Waals surface area contributed by atoms with Crippen LogP contribution in [-0.2, 0) is 44.3 Å². The first-order chi connectivity index (χ1) is 40.5. The second kappa shape index (κ2) is 25.0. The number of aryl methyl sites for hydroxylation is 4. The summed E-state index contributed by atoms with van der Waals surface area (Å²) >= 11 is 0. The normalized spacial score (nSPS) is 16.5. The van der Waals surface area contributed by atoms with E-state index in [1.54, 1.807) is 0 Å². The largest absolute Gasteiger partial charge is 0.495 e. The fourth-order valence-electron chi connectivity index (χ4n) is 13.6. The number of para-hydroxylation sites is 1. The van der Waals surface area contributed by atoms with Gasteiger partial charge in [-0.25, -0.2) is 0 Å². The summed E-state index contributed by atoms with van der Waals surface area (Å²) in [6, 6.07) is 47.5. The number of fused-ring (bicyclic) bond motifs is 8. The lowest BCUT2D eigenvalue weighted by Crippen LogP contribution is -2.41. The second-order valence-electron chi connectivity index (χ2n) is 27.1. The zero-order chi connectivity index (χ0) is 59.0. The summed E-state index contributed by atoms with van der Waals surface area (Å²) in [5, 5.41) is 7.67. The molecule has 440 valence electrons. The molecule has 2 aromatic heterocycles. The van der Waals surface area contributed by atoms with E-state index in [-0.39, 0.29) is 0 Å². The van der Waals surface area contributed by atoms with Gasteiger partial charge in [0.15, 0.2) is 0 Å². The van der Waals surface area contributed by atoms with Crippen LogP contribution in [0.3, 0.4) is 0 Å². The molecule has 9 aromatic rings. The Balaban J connectivity index is 1.08. The first kappa shape index (κ1) is 60.1. The fraction of sp³-hybridized carbons (Fsp3) is 0.474. The summed E-state index contributed by atoms with van der Waals surface area (Å²) < 4.78 is 32.8. The molecule has 0 aliphatic carbocycles. The molecule has 0 N–H and O–H groups in total. The van der Waals surface area contributed by atoms with Crippen LogP contribution in [-0.4, -0.2) is 45.8 Å². The van der Waals surface area contributed by atoms with Gasteiger partial charge in [-0.1, -0.05) is 178 Å². The number of hydrogen-bond acceptors (Lipinski definition) is 4. The summed E-state index contributed by atoms with van der Waals surface area (Å²) in [6.07, 6.45) is 23.2. The van der Waals surface area contributed by atoms with Crippen LogP contribution in [0.5, 0.6) is 0 Å². The Labute approximate surface area is 504 Å². The van der Waals surface area contributed by atoms with E-state index in [4.69, 9.17) is 18.6 Å². The third kappa shape index (κ3) is 11.6. The van der Waals surface area contributed by atoms with Gasteiger partial charge >= 0.3 is 14.2 Å². The molecule has 2 fully saturated rings. The lowest BCUT2D eigenvalue weighted by atomic mass is 9.73. The molecule has 2 aliphatic rings. The van der Waals surface area contributed by atoms with Gasteiger partial charge in [-0.05, 0) is 210 Å². The summed E-state index contributed by atoms with van der Waals surface area (Å²) in [6.45, 7) is 26.7. The highest BCUT2D eigenvalue weighted by molar-refractivity contribution is 6.63. The highest BCUT2D eigenvalue weighted by atomic mass is 16.7. The molecule has 2 saturated heterocycles. The van der Waals surface area contributed by atoms with Gasteiger partial charge in [0.2, 0.25) is 0 Å². The quantitative estimate of drug-likeness (QED) is 0.0423. The molecular formula is C76H96B2N2O4. The van der Waals surface area contributed by atoms with E-state index in [2.05, 4.69) is 214 Å². The van der Waals surface area contributed by atoms with Crippen molar-refractivity contribution < 1.29 is 18.6 Å². The van der Waals surface area contributed by atoms with Gasteiger partial charge in [-0.15, -0.1) is 0 Å². The molecule has 0 bridgehead atoms. The van der Waals surface area contributed by atoms with Gasteiger partial charge < -0.3 is 27.8 Å². The zero-order valence-electron chi connectivity index (χ0n) is 53.4. The highest BCUT2D eigenvalue weighted by Gasteiger charge is 2.53. The Kier molecular flexibility index (Phi) is 17.9. The molecule has 0 amide bonds. The third-order valence-electron chi connectivity index (χ3n) is 20.0. The molecule has 2 aliphatic heterocycles. The van der Waals surface area contributed by atoms with Crippen molar-refractivity contribution in [1.29, 1.82) is 0 Å². The van der Waals surface area contributed by atoms with Crippen LogP contribution in [0.25, 0.3) is 76.9 Å². The molecule has 0 spiro atoms. The molecular weight excluding hydrogens is 1030 g/mol. The van der Waals surface area contributed by atoms with E-state index in [0.29, 0.717) is 0 Å². The van der Waals surface area contributed by atoms with E-state index >= 15 is 0 Å². The van der Waals surface area contributed by atoms with E-state index < -0.39 is 36.6 Å². The predicted octanol–water partition coefficient (Wildman–Crippen LogP) is 19.8. The van der Waals surface area contributed by atoms with E-state index in [1.165, 1.54) is 187 Å². The molecule has 4 heterocycles. The number of hydrogen-bond donors (Lipinski definition) is 0. The van der Waals surface area contributed by atoms with Crippen molar-refractivity contribution >= 4 is 79.5 Å². The van der Waals surface area contributed by atoms with Gasteiger partial charge in [-0.2, -0.15) is 0 Å². The SMILES string of the molecule is CCCCCCc1cc(-n2c3ccccc3c3cc(-c4ccc5c(c4)c4c6ccccc6ccc4n5-c4cc(CCCCCC)c(B5OC(C)(C)C(C)(C)O5)cc4CCCCCC)ccc32)c(CCCCCC)cc1B1OC(C)(C)C(C)(C)O1. The van der Waals surface area contributed by atoms with Gasteiger partial charge in [-0.3, -0.25) is 0 Å². The Hall–Kier alpha value is -5.63. The number of benzene rings is 7. The summed E-state index contributed by atoms with van der Waals surface area (Å²) in [5.41, 5.74) is 16.1. The number of aromatic nitrogens is 2. The average molecular weight is 1120 g/mol. The zero-order valence-corrected chi connectivity index (χ0v) is 53.4. The maximum atomic E-state index is 6.91. The number of nitrogens with zero attached hydrogens (tertiary/aromatic N) is 2. The first-order valence-electron chi connectivity index (χ1n) is 33.0. The van der Waals surface area contributed by atoms with E-state index in [9.17, 15) is 0 Å². The van der Waals surface area contributed by atoms with Crippen molar-refractivity contribution in [3.8, 4) is 22.5 Å². The van der Waals surface area contributed by atoms with Crippen LogP contribution in [0, 0.1) is 0 Å². The smallest absolute Gasteiger partial charge is 0.399 e.